The minimum atomic E-state index is -3.89. The van der Waals surface area contributed by atoms with Crippen LogP contribution >= 0.6 is 0 Å². The first-order valence-corrected chi connectivity index (χ1v) is 13.4. The number of hydrogen-bond acceptors (Lipinski definition) is 7. The number of benzene rings is 2. The van der Waals surface area contributed by atoms with Crippen LogP contribution in [0.1, 0.15) is 5.56 Å². The number of carbonyl (C=O) groups excluding carboxylic acids is 1. The molecule has 1 aliphatic rings. The molecule has 3 rings (SSSR count). The van der Waals surface area contributed by atoms with Crippen LogP contribution < -0.4 is 14.4 Å². The van der Waals surface area contributed by atoms with Crippen molar-refractivity contribution in [3.63, 3.8) is 0 Å². The summed E-state index contributed by atoms with van der Waals surface area (Å²) >= 11 is 0. The van der Waals surface area contributed by atoms with Gasteiger partial charge in [-0.25, -0.2) is 16.8 Å². The molecule has 1 heterocycles. The number of anilines is 2. The fourth-order valence-corrected chi connectivity index (χ4v) is 5.77. The second-order valence-electron chi connectivity index (χ2n) is 7.54. The molecule has 10 nitrogen and oxygen atoms in total. The van der Waals surface area contributed by atoms with E-state index in [2.05, 4.69) is 5.32 Å². The SMILES string of the molecule is COc1ccc(NC(=O)CN(c2ccc(C)cc2)S(C)(=O)=O)cc1S(=O)(=O)N1CCOCC1. The summed E-state index contributed by atoms with van der Waals surface area (Å²) in [6.45, 7) is 2.40. The third kappa shape index (κ3) is 6.02. The van der Waals surface area contributed by atoms with Gasteiger partial charge in [0.05, 0.1) is 32.3 Å². The molecule has 33 heavy (non-hydrogen) atoms. The zero-order chi connectivity index (χ0) is 24.2. The number of carbonyl (C=O) groups is 1. The van der Waals surface area contributed by atoms with Crippen LogP contribution in [0, 0.1) is 6.92 Å². The molecule has 0 radical (unpaired) electrons. The molecular weight excluding hydrogens is 470 g/mol. The highest BCUT2D eigenvalue weighted by Crippen LogP contribution is 2.30. The number of nitrogens with one attached hydrogen (secondary N) is 1. The van der Waals surface area contributed by atoms with Crippen molar-refractivity contribution in [2.45, 2.75) is 11.8 Å². The van der Waals surface area contributed by atoms with E-state index in [-0.39, 0.29) is 42.6 Å². The van der Waals surface area contributed by atoms with Crippen molar-refractivity contribution in [1.82, 2.24) is 4.31 Å². The molecule has 0 spiro atoms. The molecule has 1 saturated heterocycles. The molecule has 2 aromatic rings. The van der Waals surface area contributed by atoms with Gasteiger partial charge in [0.15, 0.2) is 0 Å². The highest BCUT2D eigenvalue weighted by molar-refractivity contribution is 7.92. The van der Waals surface area contributed by atoms with E-state index in [1.54, 1.807) is 24.3 Å². The van der Waals surface area contributed by atoms with Crippen LogP contribution in [0.4, 0.5) is 11.4 Å². The third-order valence-electron chi connectivity index (χ3n) is 5.04. The van der Waals surface area contributed by atoms with Crippen LogP contribution in [0.15, 0.2) is 47.4 Å². The predicted octanol–water partition coefficient (Wildman–Crippen LogP) is 1.43. The Morgan fingerprint density at radius 1 is 1.09 bits per heavy atom. The maximum absolute atomic E-state index is 13.1. The second kappa shape index (κ2) is 10.1. The summed E-state index contributed by atoms with van der Waals surface area (Å²) in [5.74, 6) is -0.488. The molecule has 180 valence electrons. The van der Waals surface area contributed by atoms with Crippen LogP contribution in [0.2, 0.25) is 0 Å². The van der Waals surface area contributed by atoms with Crippen molar-refractivity contribution in [1.29, 1.82) is 0 Å². The first kappa shape index (κ1) is 25.0. The summed E-state index contributed by atoms with van der Waals surface area (Å²) in [7, 11) is -6.26. The van der Waals surface area contributed by atoms with Gasteiger partial charge in [-0.05, 0) is 37.3 Å². The van der Waals surface area contributed by atoms with Gasteiger partial charge in [-0.3, -0.25) is 9.10 Å². The summed E-state index contributed by atoms with van der Waals surface area (Å²) < 4.78 is 63.5. The lowest BCUT2D eigenvalue weighted by Crippen LogP contribution is -2.40. The predicted molar refractivity (Wildman–Crippen MR) is 125 cm³/mol. The van der Waals surface area contributed by atoms with Crippen molar-refractivity contribution < 1.29 is 31.1 Å². The van der Waals surface area contributed by atoms with Gasteiger partial charge in [-0.1, -0.05) is 17.7 Å². The van der Waals surface area contributed by atoms with Crippen LogP contribution in [0.5, 0.6) is 5.75 Å². The van der Waals surface area contributed by atoms with E-state index in [9.17, 15) is 21.6 Å². The molecule has 0 aliphatic carbocycles. The van der Waals surface area contributed by atoms with Gasteiger partial charge in [0.1, 0.15) is 17.2 Å². The summed E-state index contributed by atoms with van der Waals surface area (Å²) in [5, 5.41) is 2.58. The van der Waals surface area contributed by atoms with Crippen molar-refractivity contribution in [3.05, 3.63) is 48.0 Å². The van der Waals surface area contributed by atoms with E-state index in [1.807, 2.05) is 6.92 Å². The number of nitrogens with zero attached hydrogens (tertiary/aromatic N) is 2. The van der Waals surface area contributed by atoms with E-state index in [1.165, 1.54) is 29.6 Å². The lowest BCUT2D eigenvalue weighted by Gasteiger charge is -2.27. The molecule has 1 aliphatic heterocycles. The Hall–Kier alpha value is -2.67. The normalized spacial score (nSPS) is 15.1. The Morgan fingerprint density at radius 3 is 2.30 bits per heavy atom. The number of morpholine rings is 1. The molecule has 1 N–H and O–H groups in total. The number of methoxy groups -OCH3 is 1. The van der Waals surface area contributed by atoms with E-state index in [4.69, 9.17) is 9.47 Å². The van der Waals surface area contributed by atoms with E-state index in [0.717, 1.165) is 16.1 Å². The molecule has 0 atom stereocenters. The van der Waals surface area contributed by atoms with E-state index >= 15 is 0 Å². The molecule has 0 saturated carbocycles. The van der Waals surface area contributed by atoms with Gasteiger partial charge < -0.3 is 14.8 Å². The molecule has 1 fully saturated rings. The van der Waals surface area contributed by atoms with E-state index < -0.39 is 32.5 Å². The number of aryl methyl sites for hydroxylation is 1. The molecule has 12 heteroatoms. The van der Waals surface area contributed by atoms with Crippen molar-refractivity contribution in [3.8, 4) is 5.75 Å². The molecule has 1 amide bonds. The second-order valence-corrected chi connectivity index (χ2v) is 11.3. The van der Waals surface area contributed by atoms with Gasteiger partial charge >= 0.3 is 0 Å². The minimum Gasteiger partial charge on any atom is -0.495 e. The molecule has 0 aromatic heterocycles. The molecule has 0 unspecified atom stereocenters. The number of rotatable bonds is 8. The van der Waals surface area contributed by atoms with E-state index in [0.29, 0.717) is 5.69 Å². The van der Waals surface area contributed by atoms with Gasteiger partial charge in [0.25, 0.3) is 0 Å². The van der Waals surface area contributed by atoms with Gasteiger partial charge in [-0.15, -0.1) is 0 Å². The number of ether oxygens (including phenoxy) is 2. The van der Waals surface area contributed by atoms with Crippen molar-refractivity contribution in [2.75, 3.05) is 55.8 Å². The third-order valence-corrected chi connectivity index (χ3v) is 8.11. The maximum atomic E-state index is 13.1. The average molecular weight is 498 g/mol. The highest BCUT2D eigenvalue weighted by atomic mass is 32.2. The van der Waals surface area contributed by atoms with Crippen LogP contribution in [0.25, 0.3) is 0 Å². The first-order chi connectivity index (χ1) is 15.5. The summed E-state index contributed by atoms with van der Waals surface area (Å²) in [5.41, 5.74) is 1.50. The van der Waals surface area contributed by atoms with Gasteiger partial charge in [0.2, 0.25) is 26.0 Å². The number of hydrogen-bond donors (Lipinski definition) is 1. The Labute approximate surface area is 194 Å². The van der Waals surface area contributed by atoms with Crippen LogP contribution in [-0.2, 0) is 29.6 Å². The fraction of sp³-hybridized carbons (Fsp3) is 0.381. The van der Waals surface area contributed by atoms with Crippen molar-refractivity contribution in [2.24, 2.45) is 0 Å². The summed E-state index contributed by atoms with van der Waals surface area (Å²) in [6.07, 6.45) is 1.01. The van der Waals surface area contributed by atoms with Crippen LogP contribution in [0.3, 0.4) is 0 Å². The van der Waals surface area contributed by atoms with Gasteiger partial charge in [0, 0.05) is 18.8 Å². The average Bonchev–Trinajstić information content (AvgIpc) is 2.78. The maximum Gasteiger partial charge on any atom is 0.246 e. The zero-order valence-electron chi connectivity index (χ0n) is 18.6. The minimum absolute atomic E-state index is 0.0943. The monoisotopic (exact) mass is 497 g/mol. The smallest absolute Gasteiger partial charge is 0.246 e. The van der Waals surface area contributed by atoms with Gasteiger partial charge in [-0.2, -0.15) is 4.31 Å². The lowest BCUT2D eigenvalue weighted by molar-refractivity contribution is -0.114. The quantitative estimate of drug-likeness (QED) is 0.585. The highest BCUT2D eigenvalue weighted by Gasteiger charge is 2.30. The number of sulfonamides is 2. The summed E-state index contributed by atoms with van der Waals surface area (Å²) in [6, 6.07) is 11.0. The first-order valence-electron chi connectivity index (χ1n) is 10.1. The Balaban J connectivity index is 1.84. The summed E-state index contributed by atoms with van der Waals surface area (Å²) in [4.78, 5) is 12.6. The Bertz CT molecular complexity index is 1210. The zero-order valence-corrected chi connectivity index (χ0v) is 20.3. The number of amides is 1. The Kier molecular flexibility index (Phi) is 7.62. The molecule has 2 aromatic carbocycles. The molecule has 0 bridgehead atoms. The lowest BCUT2D eigenvalue weighted by atomic mass is 10.2. The topological polar surface area (TPSA) is 122 Å². The van der Waals surface area contributed by atoms with Crippen molar-refractivity contribution >= 4 is 37.3 Å². The molecular formula is C21H27N3O7S2. The Morgan fingerprint density at radius 2 is 1.73 bits per heavy atom. The van der Waals surface area contributed by atoms with Crippen LogP contribution in [-0.4, -0.2) is 73.3 Å². The largest absolute Gasteiger partial charge is 0.495 e. The fourth-order valence-electron chi connectivity index (χ4n) is 3.32. The standard InChI is InChI=1S/C21H27N3O7S2/c1-16-4-7-18(8-5-16)24(32(3,26)27)15-21(25)22-17-6-9-19(30-2)20(14-17)33(28,29)23-10-12-31-13-11-23/h4-9,14H,10-13,15H2,1-3H3,(H,22,25).